The number of thiocarbonyl (C=S) groups is 1. The molecular formula is C25H29NO2S2. The number of isothiocyanates is 1. The zero-order valence-electron chi connectivity index (χ0n) is 17.3. The molecule has 0 amide bonds. The molecule has 0 unspecified atom stereocenters. The molecule has 2 aromatic carbocycles. The first-order chi connectivity index (χ1) is 14.7. The highest BCUT2D eigenvalue weighted by molar-refractivity contribution is 7.99. The van der Waals surface area contributed by atoms with Crippen molar-refractivity contribution in [1.82, 2.24) is 0 Å². The molecule has 5 heteroatoms. The summed E-state index contributed by atoms with van der Waals surface area (Å²) in [5.74, 6) is 3.01. The van der Waals surface area contributed by atoms with Crippen molar-refractivity contribution < 1.29 is 9.84 Å². The van der Waals surface area contributed by atoms with E-state index in [0.717, 1.165) is 71.7 Å². The minimum atomic E-state index is 0.247. The normalized spacial score (nSPS) is 10.3. The fourth-order valence-electron chi connectivity index (χ4n) is 3.05. The summed E-state index contributed by atoms with van der Waals surface area (Å²) in [7, 11) is 0. The summed E-state index contributed by atoms with van der Waals surface area (Å²) in [6, 6.07) is 11.8. The van der Waals surface area contributed by atoms with Crippen molar-refractivity contribution in [3.63, 3.8) is 0 Å². The van der Waals surface area contributed by atoms with Crippen LogP contribution in [-0.2, 0) is 12.8 Å². The van der Waals surface area contributed by atoms with E-state index in [1.54, 1.807) is 6.07 Å². The lowest BCUT2D eigenvalue weighted by Crippen LogP contribution is -2.03. The van der Waals surface area contributed by atoms with Gasteiger partial charge in [0.25, 0.3) is 0 Å². The number of phenols is 1. The molecule has 0 aliphatic carbocycles. The summed E-state index contributed by atoms with van der Waals surface area (Å²) in [6.07, 6.45) is 7.40. The third kappa shape index (κ3) is 7.83. The first kappa shape index (κ1) is 23.9. The Morgan fingerprint density at radius 2 is 1.70 bits per heavy atom. The van der Waals surface area contributed by atoms with E-state index in [0.29, 0.717) is 6.61 Å². The number of aliphatic imine (C=N–C) groups is 1. The Morgan fingerprint density at radius 3 is 2.40 bits per heavy atom. The Hall–Kier alpha value is -2.33. The smallest absolute Gasteiger partial charge is 0.127 e. The molecule has 0 atom stereocenters. The molecule has 0 aliphatic rings. The van der Waals surface area contributed by atoms with E-state index in [1.807, 2.05) is 42.1 Å². The Morgan fingerprint density at radius 1 is 1.00 bits per heavy atom. The van der Waals surface area contributed by atoms with Gasteiger partial charge in [-0.2, -0.15) is 11.8 Å². The van der Waals surface area contributed by atoms with Crippen molar-refractivity contribution in [2.24, 2.45) is 4.99 Å². The Bertz CT molecular complexity index is 889. The van der Waals surface area contributed by atoms with Crippen LogP contribution < -0.4 is 4.74 Å². The summed E-state index contributed by atoms with van der Waals surface area (Å²) >= 11 is 6.44. The van der Waals surface area contributed by atoms with Crippen molar-refractivity contribution in [2.45, 2.75) is 25.7 Å². The number of unbranched alkanes of at least 4 members (excludes halogenated alkanes) is 1. The summed E-state index contributed by atoms with van der Waals surface area (Å²) in [5.41, 5.74) is 3.92. The lowest BCUT2D eigenvalue weighted by molar-refractivity contribution is 0.345. The molecule has 158 valence electrons. The molecule has 0 bridgehead atoms. The van der Waals surface area contributed by atoms with Crippen molar-refractivity contribution in [3.8, 4) is 22.6 Å². The number of benzene rings is 2. The maximum absolute atomic E-state index is 10.5. The van der Waals surface area contributed by atoms with Crippen LogP contribution in [0, 0.1) is 0 Å². The topological polar surface area (TPSA) is 41.8 Å². The van der Waals surface area contributed by atoms with Crippen LogP contribution >= 0.6 is 24.0 Å². The molecule has 0 heterocycles. The third-order valence-electron chi connectivity index (χ3n) is 4.51. The van der Waals surface area contributed by atoms with Gasteiger partial charge in [0, 0.05) is 23.4 Å². The van der Waals surface area contributed by atoms with Crippen LogP contribution in [0.2, 0.25) is 0 Å². The molecule has 2 rings (SSSR count). The van der Waals surface area contributed by atoms with E-state index in [4.69, 9.17) is 4.74 Å². The number of hydrogen-bond acceptors (Lipinski definition) is 5. The van der Waals surface area contributed by atoms with E-state index in [2.05, 4.69) is 47.7 Å². The average Bonchev–Trinajstić information content (AvgIpc) is 2.75. The maximum Gasteiger partial charge on any atom is 0.127 e. The number of nitrogens with zero attached hydrogens (tertiary/aromatic N) is 1. The van der Waals surface area contributed by atoms with Crippen LogP contribution in [-0.4, -0.2) is 34.9 Å². The Labute approximate surface area is 189 Å². The van der Waals surface area contributed by atoms with Gasteiger partial charge in [-0.1, -0.05) is 24.3 Å². The van der Waals surface area contributed by atoms with Gasteiger partial charge in [-0.05, 0) is 79.0 Å². The summed E-state index contributed by atoms with van der Waals surface area (Å²) in [4.78, 5) is 3.93. The number of hydrogen-bond donors (Lipinski definition) is 1. The Balaban J connectivity index is 2.07. The quantitative estimate of drug-likeness (QED) is 0.158. The molecule has 0 saturated carbocycles. The summed E-state index contributed by atoms with van der Waals surface area (Å²) in [6.45, 7) is 9.01. The first-order valence-electron chi connectivity index (χ1n) is 10.1. The van der Waals surface area contributed by atoms with Crippen LogP contribution in [0.4, 0.5) is 0 Å². The van der Waals surface area contributed by atoms with Gasteiger partial charge < -0.3 is 9.84 Å². The van der Waals surface area contributed by atoms with Crippen LogP contribution in [0.3, 0.4) is 0 Å². The van der Waals surface area contributed by atoms with E-state index in [9.17, 15) is 5.11 Å². The average molecular weight is 440 g/mol. The van der Waals surface area contributed by atoms with E-state index < -0.39 is 0 Å². The van der Waals surface area contributed by atoms with E-state index in [-0.39, 0.29) is 5.75 Å². The maximum atomic E-state index is 10.5. The van der Waals surface area contributed by atoms with Crippen LogP contribution in [0.1, 0.15) is 24.0 Å². The van der Waals surface area contributed by atoms with Crippen molar-refractivity contribution in [2.75, 3.05) is 24.7 Å². The zero-order chi connectivity index (χ0) is 21.6. The monoisotopic (exact) mass is 439 g/mol. The lowest BCUT2D eigenvalue weighted by Gasteiger charge is -2.15. The second-order valence-corrected chi connectivity index (χ2v) is 8.22. The van der Waals surface area contributed by atoms with Gasteiger partial charge >= 0.3 is 0 Å². The molecule has 2 aromatic rings. The van der Waals surface area contributed by atoms with Crippen LogP contribution in [0.5, 0.6) is 11.5 Å². The standard InChI is InChI=1S/C25H29NO2S2/c1-3-7-20-9-11-24(27)22(17-20)23-18-21(8-4-2)10-12-25(23)28-14-16-30-15-6-5-13-26-19-29/h3-4,9-12,17-18,27H,1-2,5-8,13-16H2. The molecule has 0 aliphatic heterocycles. The zero-order valence-corrected chi connectivity index (χ0v) is 18.9. The van der Waals surface area contributed by atoms with E-state index >= 15 is 0 Å². The fraction of sp³-hybridized carbons (Fsp3) is 0.320. The molecule has 30 heavy (non-hydrogen) atoms. The second kappa shape index (κ2) is 13.8. The van der Waals surface area contributed by atoms with Crippen LogP contribution in [0.15, 0.2) is 66.7 Å². The highest BCUT2D eigenvalue weighted by atomic mass is 32.2. The van der Waals surface area contributed by atoms with Crippen molar-refractivity contribution in [1.29, 1.82) is 0 Å². The highest BCUT2D eigenvalue weighted by Crippen LogP contribution is 2.37. The summed E-state index contributed by atoms with van der Waals surface area (Å²) in [5, 5.41) is 12.9. The molecular weight excluding hydrogens is 410 g/mol. The molecule has 0 fully saturated rings. The van der Waals surface area contributed by atoms with Gasteiger partial charge in [0.05, 0.1) is 11.8 Å². The molecule has 0 aromatic heterocycles. The van der Waals surface area contributed by atoms with E-state index in [1.165, 1.54) is 0 Å². The first-order valence-corrected chi connectivity index (χ1v) is 11.7. The highest BCUT2D eigenvalue weighted by Gasteiger charge is 2.13. The molecule has 0 spiro atoms. The van der Waals surface area contributed by atoms with Crippen molar-refractivity contribution in [3.05, 3.63) is 72.8 Å². The predicted octanol–water partition coefficient (Wildman–Crippen LogP) is 6.51. The van der Waals surface area contributed by atoms with Crippen LogP contribution in [0.25, 0.3) is 11.1 Å². The SMILES string of the molecule is C=CCc1ccc(O)c(-c2cc(CC=C)ccc2OCCSCCCCN=C=S)c1. The van der Waals surface area contributed by atoms with Gasteiger partial charge in [-0.25, -0.2) is 4.99 Å². The summed E-state index contributed by atoms with van der Waals surface area (Å²) < 4.78 is 6.10. The molecule has 0 radical (unpaired) electrons. The predicted molar refractivity (Wildman–Crippen MR) is 133 cm³/mol. The Kier molecular flexibility index (Phi) is 11.0. The molecule has 3 nitrogen and oxygen atoms in total. The number of ether oxygens (including phenoxy) is 1. The van der Waals surface area contributed by atoms with Gasteiger partial charge in [0.1, 0.15) is 11.5 Å². The third-order valence-corrected chi connectivity index (χ3v) is 5.68. The van der Waals surface area contributed by atoms with Gasteiger partial charge in [0.15, 0.2) is 0 Å². The van der Waals surface area contributed by atoms with Crippen molar-refractivity contribution >= 4 is 29.1 Å². The number of rotatable bonds is 14. The van der Waals surface area contributed by atoms with Gasteiger partial charge in [-0.15, -0.1) is 13.2 Å². The van der Waals surface area contributed by atoms with Gasteiger partial charge in [-0.3, -0.25) is 0 Å². The largest absolute Gasteiger partial charge is 0.507 e. The number of thioether (sulfide) groups is 1. The number of aromatic hydroxyl groups is 1. The van der Waals surface area contributed by atoms with Gasteiger partial charge in [0.2, 0.25) is 0 Å². The number of allylic oxidation sites excluding steroid dienone is 2. The fourth-order valence-corrected chi connectivity index (χ4v) is 3.96. The number of phenolic OH excluding ortho intramolecular Hbond substituents is 1. The minimum Gasteiger partial charge on any atom is -0.507 e. The molecule has 0 saturated heterocycles. The molecule has 1 N–H and O–H groups in total. The second-order valence-electron chi connectivity index (χ2n) is 6.81. The lowest BCUT2D eigenvalue weighted by atomic mass is 9.97. The minimum absolute atomic E-state index is 0.247.